The van der Waals surface area contributed by atoms with E-state index in [9.17, 15) is 22.8 Å². The normalized spacial score (nSPS) is 22.3. The van der Waals surface area contributed by atoms with Crippen LogP contribution >= 0.6 is 11.8 Å². The molecule has 1 aromatic heterocycles. The van der Waals surface area contributed by atoms with Gasteiger partial charge in [0.25, 0.3) is 11.1 Å². The highest BCUT2D eigenvalue weighted by molar-refractivity contribution is 8.18. The van der Waals surface area contributed by atoms with Crippen LogP contribution in [0.1, 0.15) is 48.3 Å². The zero-order valence-electron chi connectivity index (χ0n) is 18.4. The summed E-state index contributed by atoms with van der Waals surface area (Å²) in [5, 5.41) is 5.38. The number of alkyl halides is 3. The maximum Gasteiger partial charge on any atom is 0.416 e. The van der Waals surface area contributed by atoms with Gasteiger partial charge in [0.05, 0.1) is 16.2 Å². The van der Waals surface area contributed by atoms with Crippen molar-refractivity contribution in [3.05, 3.63) is 64.1 Å². The Labute approximate surface area is 199 Å². The fourth-order valence-corrected chi connectivity index (χ4v) is 4.93. The van der Waals surface area contributed by atoms with E-state index in [1.54, 1.807) is 30.5 Å². The lowest BCUT2D eigenvalue weighted by Gasteiger charge is -2.29. The molecule has 6 nitrogen and oxygen atoms in total. The predicted molar refractivity (Wildman–Crippen MR) is 124 cm³/mol. The van der Waals surface area contributed by atoms with E-state index in [1.807, 2.05) is 0 Å². The van der Waals surface area contributed by atoms with Crippen LogP contribution in [0.4, 0.5) is 18.0 Å². The molecule has 1 aromatic carbocycles. The highest BCUT2D eigenvalue weighted by atomic mass is 32.2. The molecule has 10 heteroatoms. The second-order valence-corrected chi connectivity index (χ2v) is 9.59. The molecular weight excluding hydrogens is 465 g/mol. The molecule has 2 aliphatic rings. The first-order valence-corrected chi connectivity index (χ1v) is 12.0. The highest BCUT2D eigenvalue weighted by Crippen LogP contribution is 2.30. The Morgan fingerprint density at radius 1 is 1.09 bits per heavy atom. The van der Waals surface area contributed by atoms with Gasteiger partial charge in [0.15, 0.2) is 0 Å². The molecule has 2 amide bonds. The van der Waals surface area contributed by atoms with E-state index >= 15 is 0 Å². The molecule has 0 unspecified atom stereocenters. The van der Waals surface area contributed by atoms with Crippen LogP contribution in [0.2, 0.25) is 0 Å². The summed E-state index contributed by atoms with van der Waals surface area (Å²) in [6.07, 6.45) is 4.56. The summed E-state index contributed by atoms with van der Waals surface area (Å²) in [4.78, 5) is 32.3. The first-order valence-electron chi connectivity index (χ1n) is 11.2. The number of amides is 2. The lowest BCUT2D eigenvalue weighted by Crippen LogP contribution is -2.35. The number of halogens is 3. The number of hydrogen-bond acceptors (Lipinski definition) is 6. The molecule has 1 saturated heterocycles. The van der Waals surface area contributed by atoms with Crippen LogP contribution in [0, 0.1) is 5.92 Å². The van der Waals surface area contributed by atoms with E-state index in [1.165, 1.54) is 0 Å². The van der Waals surface area contributed by atoms with Crippen molar-refractivity contribution >= 4 is 29.0 Å². The van der Waals surface area contributed by atoms with E-state index in [0.717, 1.165) is 73.9 Å². The lowest BCUT2D eigenvalue weighted by molar-refractivity contribution is -0.137. The van der Waals surface area contributed by atoms with Gasteiger partial charge in [-0.2, -0.15) is 13.2 Å². The van der Waals surface area contributed by atoms with Crippen molar-refractivity contribution < 1.29 is 22.8 Å². The number of aromatic nitrogens is 2. The average molecular weight is 491 g/mol. The average Bonchev–Trinajstić information content (AvgIpc) is 3.11. The Kier molecular flexibility index (Phi) is 7.67. The van der Waals surface area contributed by atoms with Gasteiger partial charge in [0.2, 0.25) is 0 Å². The Morgan fingerprint density at radius 2 is 1.82 bits per heavy atom. The fourth-order valence-electron chi connectivity index (χ4n) is 4.26. The molecule has 0 radical (unpaired) electrons. The summed E-state index contributed by atoms with van der Waals surface area (Å²) >= 11 is 0.866. The van der Waals surface area contributed by atoms with Gasteiger partial charge in [0, 0.05) is 18.7 Å². The minimum absolute atomic E-state index is 0.331. The van der Waals surface area contributed by atoms with Crippen LogP contribution in [0.15, 0.2) is 41.4 Å². The number of hydrogen-bond donors (Lipinski definition) is 2. The lowest BCUT2D eigenvalue weighted by atomic mass is 9.84. The summed E-state index contributed by atoms with van der Waals surface area (Å²) in [5.41, 5.74) is 0.877. The predicted octanol–water partition coefficient (Wildman–Crippen LogP) is 4.75. The number of imide groups is 1. The quantitative estimate of drug-likeness (QED) is 0.545. The van der Waals surface area contributed by atoms with Gasteiger partial charge in [-0.1, -0.05) is 12.1 Å². The first-order chi connectivity index (χ1) is 16.3. The van der Waals surface area contributed by atoms with Crippen LogP contribution in [0.5, 0.6) is 0 Å². The van der Waals surface area contributed by atoms with Crippen molar-refractivity contribution in [3.63, 3.8) is 0 Å². The third-order valence-electron chi connectivity index (χ3n) is 6.09. The summed E-state index contributed by atoms with van der Waals surface area (Å²) in [6.45, 7) is 0.731. The van der Waals surface area contributed by atoms with Crippen molar-refractivity contribution in [1.29, 1.82) is 0 Å². The minimum atomic E-state index is -4.30. The zero-order valence-corrected chi connectivity index (χ0v) is 19.2. The van der Waals surface area contributed by atoms with Crippen molar-refractivity contribution in [2.24, 2.45) is 5.92 Å². The van der Waals surface area contributed by atoms with E-state index in [0.29, 0.717) is 29.0 Å². The van der Waals surface area contributed by atoms with Gasteiger partial charge in [0.1, 0.15) is 5.82 Å². The number of carbonyl (C=O) groups is 2. The largest absolute Gasteiger partial charge is 0.416 e. The summed E-state index contributed by atoms with van der Waals surface area (Å²) < 4.78 is 38.0. The SMILES string of the molecule is O=C1NC(=O)/C(=C/c2ccnc(CC3CCC(NCCc4ccc(C(F)(F)F)cc4)CC3)n2)S1. The molecule has 2 aromatic rings. The van der Waals surface area contributed by atoms with Gasteiger partial charge in [-0.3, -0.25) is 14.9 Å². The number of carbonyl (C=O) groups excluding carboxylic acids is 2. The standard InChI is InChI=1S/C24H25F3N4O2S/c25-24(26,27)17-5-1-15(2-6-17)9-11-28-18-7-3-16(4-8-18)13-21-29-12-10-19(30-21)14-20-22(32)31-23(33)34-20/h1-2,5-6,10,12,14,16,18,28H,3-4,7-9,11,13H2,(H,31,32,33)/b20-14-. The summed E-state index contributed by atoms with van der Waals surface area (Å²) in [7, 11) is 0. The van der Waals surface area contributed by atoms with Crippen molar-refractivity contribution in [2.75, 3.05) is 6.54 Å². The molecule has 0 bridgehead atoms. The molecule has 1 saturated carbocycles. The Balaban J connectivity index is 1.21. The monoisotopic (exact) mass is 490 g/mol. The number of thioether (sulfide) groups is 1. The molecule has 0 atom stereocenters. The number of rotatable bonds is 7. The van der Waals surface area contributed by atoms with Gasteiger partial charge in [-0.25, -0.2) is 9.97 Å². The molecule has 1 aliphatic heterocycles. The molecule has 1 aliphatic carbocycles. The number of nitrogens with zero attached hydrogens (tertiary/aromatic N) is 2. The topological polar surface area (TPSA) is 84.0 Å². The molecule has 2 fully saturated rings. The highest BCUT2D eigenvalue weighted by Gasteiger charge is 2.30. The zero-order chi connectivity index (χ0) is 24.1. The molecule has 0 spiro atoms. The Bertz CT molecular complexity index is 1060. The molecule has 2 N–H and O–H groups in total. The van der Waals surface area contributed by atoms with Gasteiger partial charge in [-0.15, -0.1) is 0 Å². The van der Waals surface area contributed by atoms with Crippen molar-refractivity contribution in [3.8, 4) is 0 Å². The van der Waals surface area contributed by atoms with Crippen LogP contribution in [0.25, 0.3) is 6.08 Å². The molecule has 4 rings (SSSR count). The Hall–Kier alpha value is -2.72. The maximum absolute atomic E-state index is 12.7. The summed E-state index contributed by atoms with van der Waals surface area (Å²) in [6, 6.07) is 7.47. The van der Waals surface area contributed by atoms with Crippen LogP contribution in [-0.2, 0) is 23.8 Å². The van der Waals surface area contributed by atoms with E-state index in [-0.39, 0.29) is 5.24 Å². The van der Waals surface area contributed by atoms with Gasteiger partial charge < -0.3 is 5.32 Å². The third-order valence-corrected chi connectivity index (χ3v) is 6.90. The van der Waals surface area contributed by atoms with Crippen molar-refractivity contribution in [1.82, 2.24) is 20.6 Å². The van der Waals surface area contributed by atoms with Gasteiger partial charge in [-0.05, 0) is 86.2 Å². The van der Waals surface area contributed by atoms with Gasteiger partial charge >= 0.3 is 6.18 Å². The summed E-state index contributed by atoms with van der Waals surface area (Å²) in [5.74, 6) is 0.795. The Morgan fingerprint density at radius 3 is 2.47 bits per heavy atom. The van der Waals surface area contributed by atoms with E-state index in [2.05, 4.69) is 20.6 Å². The molecule has 180 valence electrons. The third kappa shape index (κ3) is 6.66. The molecule has 2 heterocycles. The molecule has 34 heavy (non-hydrogen) atoms. The van der Waals surface area contributed by atoms with E-state index < -0.39 is 17.6 Å². The fraction of sp³-hybridized carbons (Fsp3) is 0.417. The minimum Gasteiger partial charge on any atom is -0.314 e. The smallest absolute Gasteiger partial charge is 0.314 e. The second-order valence-electron chi connectivity index (χ2n) is 8.57. The van der Waals surface area contributed by atoms with Crippen molar-refractivity contribution in [2.45, 2.75) is 50.7 Å². The van der Waals surface area contributed by atoms with Crippen LogP contribution < -0.4 is 10.6 Å². The van der Waals surface area contributed by atoms with Crippen LogP contribution in [-0.4, -0.2) is 33.7 Å². The number of benzene rings is 1. The van der Waals surface area contributed by atoms with E-state index in [4.69, 9.17) is 0 Å². The maximum atomic E-state index is 12.7. The van der Waals surface area contributed by atoms with Crippen LogP contribution in [0.3, 0.4) is 0 Å². The first kappa shape index (κ1) is 24.4. The molecular formula is C24H25F3N4O2S. The number of nitrogens with one attached hydrogen (secondary N) is 2. The second kappa shape index (κ2) is 10.7.